The fourth-order valence-electron chi connectivity index (χ4n) is 2.41. The summed E-state index contributed by atoms with van der Waals surface area (Å²) < 4.78 is 10.7. The van der Waals surface area contributed by atoms with Crippen LogP contribution >= 0.6 is 0 Å². The Labute approximate surface area is 125 Å². The van der Waals surface area contributed by atoms with E-state index in [1.807, 2.05) is 36.4 Å². The van der Waals surface area contributed by atoms with Crippen LogP contribution < -0.4 is 15.2 Å². The summed E-state index contributed by atoms with van der Waals surface area (Å²) in [6.07, 6.45) is 0.648. The summed E-state index contributed by atoms with van der Waals surface area (Å²) in [6.45, 7) is 0. The fourth-order valence-corrected chi connectivity index (χ4v) is 2.41. The number of methoxy groups -OCH3 is 2. The molecule has 0 aromatic heterocycles. The molecule has 4 heteroatoms. The van der Waals surface area contributed by atoms with E-state index in [1.54, 1.807) is 20.3 Å². The van der Waals surface area contributed by atoms with E-state index >= 15 is 0 Å². The normalized spacial score (nSPS) is 12.0. The number of aliphatic hydroxyl groups is 1. The van der Waals surface area contributed by atoms with Gasteiger partial charge in [-0.25, -0.2) is 0 Å². The molecule has 0 spiro atoms. The molecule has 2 aromatic carbocycles. The lowest BCUT2D eigenvalue weighted by Crippen LogP contribution is -2.04. The highest BCUT2D eigenvalue weighted by molar-refractivity contribution is 5.48. The standard InChI is InChI=1S/C17H21NO3/c1-20-16-9-5-6-12(17(16)21-2)10-11-15(19)13-7-3-4-8-14(13)18/h3-9,15,19H,10-11,18H2,1-2H3/t15-/m1/s1. The summed E-state index contributed by atoms with van der Waals surface area (Å²) in [5.74, 6) is 1.41. The average molecular weight is 287 g/mol. The van der Waals surface area contributed by atoms with Crippen LogP contribution in [0.1, 0.15) is 23.7 Å². The summed E-state index contributed by atoms with van der Waals surface area (Å²) in [5.41, 5.74) is 8.27. The highest BCUT2D eigenvalue weighted by Crippen LogP contribution is 2.33. The third-order valence-corrected chi connectivity index (χ3v) is 3.53. The lowest BCUT2D eigenvalue weighted by atomic mass is 9.99. The van der Waals surface area contributed by atoms with Gasteiger partial charge in [0.05, 0.1) is 20.3 Å². The first kappa shape index (κ1) is 15.2. The van der Waals surface area contributed by atoms with E-state index in [9.17, 15) is 5.11 Å². The number of nitrogens with two attached hydrogens (primary N) is 1. The summed E-state index contributed by atoms with van der Waals surface area (Å²) in [4.78, 5) is 0. The van der Waals surface area contributed by atoms with Gasteiger partial charge in [-0.3, -0.25) is 0 Å². The van der Waals surface area contributed by atoms with Gasteiger partial charge in [0, 0.05) is 11.3 Å². The molecule has 21 heavy (non-hydrogen) atoms. The van der Waals surface area contributed by atoms with Gasteiger partial charge in [-0.1, -0.05) is 30.3 Å². The molecule has 0 heterocycles. The zero-order valence-corrected chi connectivity index (χ0v) is 12.4. The lowest BCUT2D eigenvalue weighted by Gasteiger charge is -2.16. The Kier molecular flexibility index (Phi) is 5.06. The number of rotatable bonds is 6. The SMILES string of the molecule is COc1cccc(CC[C@@H](O)c2ccccc2N)c1OC. The van der Waals surface area contributed by atoms with Crippen LogP contribution in [0.5, 0.6) is 11.5 Å². The Morgan fingerprint density at radius 2 is 1.81 bits per heavy atom. The van der Waals surface area contributed by atoms with Crippen LogP contribution in [-0.4, -0.2) is 19.3 Å². The van der Waals surface area contributed by atoms with Crippen molar-refractivity contribution in [1.29, 1.82) is 0 Å². The van der Waals surface area contributed by atoms with Gasteiger partial charge in [0.25, 0.3) is 0 Å². The minimum Gasteiger partial charge on any atom is -0.493 e. The molecule has 0 unspecified atom stereocenters. The van der Waals surface area contributed by atoms with E-state index in [2.05, 4.69) is 0 Å². The van der Waals surface area contributed by atoms with Gasteiger partial charge in [0.1, 0.15) is 0 Å². The molecule has 3 N–H and O–H groups in total. The maximum Gasteiger partial charge on any atom is 0.163 e. The second-order valence-electron chi connectivity index (χ2n) is 4.84. The Morgan fingerprint density at radius 3 is 2.48 bits per heavy atom. The fraction of sp³-hybridized carbons (Fsp3) is 0.294. The number of anilines is 1. The van der Waals surface area contributed by atoms with Gasteiger partial charge < -0.3 is 20.3 Å². The van der Waals surface area contributed by atoms with Crippen LogP contribution in [-0.2, 0) is 6.42 Å². The molecule has 1 atom stereocenters. The average Bonchev–Trinajstić information content (AvgIpc) is 2.52. The van der Waals surface area contributed by atoms with Crippen LogP contribution in [0.2, 0.25) is 0 Å². The topological polar surface area (TPSA) is 64.7 Å². The van der Waals surface area contributed by atoms with Crippen molar-refractivity contribution < 1.29 is 14.6 Å². The Bertz CT molecular complexity index is 598. The van der Waals surface area contributed by atoms with E-state index in [-0.39, 0.29) is 0 Å². The molecule has 0 fully saturated rings. The maximum absolute atomic E-state index is 10.3. The van der Waals surface area contributed by atoms with Crippen molar-refractivity contribution in [3.8, 4) is 11.5 Å². The molecule has 0 amide bonds. The van der Waals surface area contributed by atoms with Crippen molar-refractivity contribution in [2.75, 3.05) is 20.0 Å². The summed E-state index contributed by atoms with van der Waals surface area (Å²) >= 11 is 0. The largest absolute Gasteiger partial charge is 0.493 e. The number of hydrogen-bond acceptors (Lipinski definition) is 4. The molecule has 0 bridgehead atoms. The van der Waals surface area contributed by atoms with Crippen LogP contribution in [0.15, 0.2) is 42.5 Å². The number of aliphatic hydroxyl groups excluding tert-OH is 1. The Morgan fingerprint density at radius 1 is 1.05 bits per heavy atom. The molecular formula is C17H21NO3. The number of nitrogen functional groups attached to an aromatic ring is 1. The quantitative estimate of drug-likeness (QED) is 0.802. The molecule has 0 radical (unpaired) electrons. The zero-order chi connectivity index (χ0) is 15.2. The van der Waals surface area contributed by atoms with Gasteiger partial charge in [0.2, 0.25) is 0 Å². The van der Waals surface area contributed by atoms with Gasteiger partial charge in [-0.2, -0.15) is 0 Å². The molecule has 0 aliphatic carbocycles. The third-order valence-electron chi connectivity index (χ3n) is 3.53. The van der Waals surface area contributed by atoms with Crippen LogP contribution in [0.4, 0.5) is 5.69 Å². The van der Waals surface area contributed by atoms with E-state index in [0.717, 1.165) is 11.1 Å². The molecule has 112 valence electrons. The second-order valence-corrected chi connectivity index (χ2v) is 4.84. The predicted octanol–water partition coefficient (Wildman–Crippen LogP) is 2.95. The molecule has 2 aromatic rings. The van der Waals surface area contributed by atoms with E-state index in [1.165, 1.54) is 0 Å². The Hall–Kier alpha value is -2.20. The first-order valence-electron chi connectivity index (χ1n) is 6.89. The highest BCUT2D eigenvalue weighted by Gasteiger charge is 2.14. The molecule has 0 saturated heterocycles. The van der Waals surface area contributed by atoms with Crippen LogP contribution in [0, 0.1) is 0 Å². The lowest BCUT2D eigenvalue weighted by molar-refractivity contribution is 0.168. The smallest absolute Gasteiger partial charge is 0.163 e. The molecular weight excluding hydrogens is 266 g/mol. The minimum absolute atomic E-state index is 0.567. The summed E-state index contributed by atoms with van der Waals surface area (Å²) in [6, 6.07) is 13.1. The number of para-hydroxylation sites is 2. The number of hydrogen-bond donors (Lipinski definition) is 2. The molecule has 4 nitrogen and oxygen atoms in total. The molecule has 0 aliphatic heterocycles. The van der Waals surface area contributed by atoms with Gasteiger partial charge in [-0.15, -0.1) is 0 Å². The minimum atomic E-state index is -0.595. The number of benzene rings is 2. The van der Waals surface area contributed by atoms with E-state index in [0.29, 0.717) is 30.0 Å². The van der Waals surface area contributed by atoms with E-state index < -0.39 is 6.10 Å². The van der Waals surface area contributed by atoms with Crippen molar-refractivity contribution in [1.82, 2.24) is 0 Å². The van der Waals surface area contributed by atoms with Crippen molar-refractivity contribution in [3.63, 3.8) is 0 Å². The second kappa shape index (κ2) is 6.99. The van der Waals surface area contributed by atoms with Gasteiger partial charge in [-0.05, 0) is 30.5 Å². The Balaban J connectivity index is 2.11. The van der Waals surface area contributed by atoms with E-state index in [4.69, 9.17) is 15.2 Å². The van der Waals surface area contributed by atoms with Crippen LogP contribution in [0.3, 0.4) is 0 Å². The van der Waals surface area contributed by atoms with Crippen molar-refractivity contribution in [2.45, 2.75) is 18.9 Å². The molecule has 2 rings (SSSR count). The number of ether oxygens (including phenoxy) is 2. The monoisotopic (exact) mass is 287 g/mol. The van der Waals surface area contributed by atoms with Crippen LogP contribution in [0.25, 0.3) is 0 Å². The summed E-state index contributed by atoms with van der Waals surface area (Å²) in [7, 11) is 3.23. The first-order valence-corrected chi connectivity index (χ1v) is 6.89. The van der Waals surface area contributed by atoms with Gasteiger partial charge in [0.15, 0.2) is 11.5 Å². The van der Waals surface area contributed by atoms with Crippen molar-refractivity contribution in [2.24, 2.45) is 0 Å². The predicted molar refractivity (Wildman–Crippen MR) is 83.7 cm³/mol. The molecule has 0 aliphatic rings. The highest BCUT2D eigenvalue weighted by atomic mass is 16.5. The first-order chi connectivity index (χ1) is 10.2. The molecule has 0 saturated carbocycles. The zero-order valence-electron chi connectivity index (χ0n) is 12.4. The number of aryl methyl sites for hydroxylation is 1. The summed E-state index contributed by atoms with van der Waals surface area (Å²) in [5, 5.41) is 10.3. The maximum atomic E-state index is 10.3. The van der Waals surface area contributed by atoms with Crippen molar-refractivity contribution in [3.05, 3.63) is 53.6 Å². The third kappa shape index (κ3) is 3.47. The van der Waals surface area contributed by atoms with Crippen molar-refractivity contribution >= 4 is 5.69 Å². The van der Waals surface area contributed by atoms with Gasteiger partial charge >= 0.3 is 0 Å².